The molecule has 0 spiro atoms. The van der Waals surface area contributed by atoms with Crippen molar-refractivity contribution in [3.63, 3.8) is 0 Å². The first-order chi connectivity index (χ1) is 9.56. The van der Waals surface area contributed by atoms with Gasteiger partial charge in [-0.3, -0.25) is 4.79 Å². The van der Waals surface area contributed by atoms with Crippen molar-refractivity contribution in [2.75, 3.05) is 0 Å². The Kier molecular flexibility index (Phi) is 3.07. The number of benzene rings is 2. The van der Waals surface area contributed by atoms with Gasteiger partial charge in [0.15, 0.2) is 0 Å². The fraction of sp³-hybridized carbons (Fsp3) is 0.0625. The van der Waals surface area contributed by atoms with Crippen LogP contribution in [0.25, 0.3) is 21.9 Å². The third-order valence-electron chi connectivity index (χ3n) is 3.29. The van der Waals surface area contributed by atoms with Gasteiger partial charge < -0.3 is 4.98 Å². The Balaban J connectivity index is 2.36. The third kappa shape index (κ3) is 2.10. The molecule has 0 radical (unpaired) electrons. The second kappa shape index (κ2) is 4.76. The molecule has 0 aliphatic carbocycles. The average molecular weight is 288 g/mol. The molecule has 1 aromatic heterocycles. The summed E-state index contributed by atoms with van der Waals surface area (Å²) in [6, 6.07) is 10.2. The van der Waals surface area contributed by atoms with E-state index in [1.165, 1.54) is 12.1 Å². The minimum absolute atomic E-state index is 0.0821. The number of aromatic nitrogens is 1. The van der Waals surface area contributed by atoms with E-state index in [-0.39, 0.29) is 10.6 Å². The van der Waals surface area contributed by atoms with E-state index in [1.807, 2.05) is 19.1 Å². The number of aromatic amines is 1. The molecule has 4 heteroatoms. The summed E-state index contributed by atoms with van der Waals surface area (Å²) in [5.74, 6) is -0.476. The number of hydrogen-bond acceptors (Lipinski definition) is 1. The molecule has 0 bridgehead atoms. The van der Waals surface area contributed by atoms with Crippen LogP contribution in [0.3, 0.4) is 0 Å². The number of H-pyrrole nitrogens is 1. The van der Waals surface area contributed by atoms with Gasteiger partial charge in [-0.25, -0.2) is 4.39 Å². The molecule has 0 saturated heterocycles. The van der Waals surface area contributed by atoms with E-state index in [0.717, 1.165) is 16.5 Å². The number of fused-ring (bicyclic) bond motifs is 1. The number of rotatable bonds is 1. The van der Waals surface area contributed by atoms with Crippen LogP contribution >= 0.6 is 11.6 Å². The van der Waals surface area contributed by atoms with Gasteiger partial charge in [-0.15, -0.1) is 0 Å². The van der Waals surface area contributed by atoms with Crippen LogP contribution < -0.4 is 5.56 Å². The first-order valence-electron chi connectivity index (χ1n) is 6.14. The second-order valence-corrected chi connectivity index (χ2v) is 5.12. The Bertz CT molecular complexity index is 870. The van der Waals surface area contributed by atoms with Gasteiger partial charge in [0.1, 0.15) is 5.82 Å². The number of halogens is 2. The topological polar surface area (TPSA) is 32.9 Å². The molecular formula is C16H11ClFNO. The summed E-state index contributed by atoms with van der Waals surface area (Å²) in [5.41, 5.74) is 2.34. The Labute approximate surface area is 119 Å². The summed E-state index contributed by atoms with van der Waals surface area (Å²) in [6.45, 7) is 1.95. The van der Waals surface area contributed by atoms with E-state index >= 15 is 0 Å². The smallest absolute Gasteiger partial charge is 0.255 e. The molecule has 0 aliphatic rings. The van der Waals surface area contributed by atoms with Gasteiger partial charge in [0.25, 0.3) is 5.56 Å². The van der Waals surface area contributed by atoms with E-state index in [4.69, 9.17) is 11.6 Å². The van der Waals surface area contributed by atoms with Crippen LogP contribution in [0, 0.1) is 12.7 Å². The zero-order valence-electron chi connectivity index (χ0n) is 10.7. The van der Waals surface area contributed by atoms with Gasteiger partial charge in [0.2, 0.25) is 0 Å². The van der Waals surface area contributed by atoms with Crippen molar-refractivity contribution in [1.82, 2.24) is 4.98 Å². The van der Waals surface area contributed by atoms with Crippen molar-refractivity contribution in [3.8, 4) is 11.1 Å². The Hall–Kier alpha value is -2.13. The lowest BCUT2D eigenvalue weighted by atomic mass is 9.99. The number of pyridine rings is 1. The Morgan fingerprint density at radius 2 is 1.90 bits per heavy atom. The molecule has 2 aromatic carbocycles. The molecule has 1 N–H and O–H groups in total. The highest BCUT2D eigenvalue weighted by Gasteiger charge is 2.09. The van der Waals surface area contributed by atoms with Gasteiger partial charge in [-0.1, -0.05) is 35.4 Å². The van der Waals surface area contributed by atoms with Crippen LogP contribution in [0.5, 0.6) is 0 Å². The van der Waals surface area contributed by atoms with Crippen molar-refractivity contribution in [1.29, 1.82) is 0 Å². The maximum atomic E-state index is 13.6. The highest BCUT2D eigenvalue weighted by Crippen LogP contribution is 2.29. The van der Waals surface area contributed by atoms with Crippen LogP contribution in [0.15, 0.2) is 47.4 Å². The zero-order chi connectivity index (χ0) is 14.3. The van der Waals surface area contributed by atoms with Crippen molar-refractivity contribution in [2.45, 2.75) is 6.92 Å². The molecule has 0 unspecified atom stereocenters. The van der Waals surface area contributed by atoms with E-state index in [0.29, 0.717) is 10.9 Å². The summed E-state index contributed by atoms with van der Waals surface area (Å²) >= 11 is 5.70. The van der Waals surface area contributed by atoms with Gasteiger partial charge in [-0.2, -0.15) is 0 Å². The van der Waals surface area contributed by atoms with Crippen molar-refractivity contribution < 1.29 is 4.39 Å². The van der Waals surface area contributed by atoms with E-state index in [2.05, 4.69) is 4.98 Å². The molecule has 3 aromatic rings. The van der Waals surface area contributed by atoms with Gasteiger partial charge in [0, 0.05) is 17.1 Å². The van der Waals surface area contributed by atoms with Gasteiger partial charge >= 0.3 is 0 Å². The highest BCUT2D eigenvalue weighted by molar-refractivity contribution is 6.30. The number of hydrogen-bond donors (Lipinski definition) is 1. The van der Waals surface area contributed by atoms with Crippen LogP contribution in [0.1, 0.15) is 5.56 Å². The monoisotopic (exact) mass is 287 g/mol. The number of nitrogens with one attached hydrogen (secondary N) is 1. The van der Waals surface area contributed by atoms with Crippen LogP contribution in [0.2, 0.25) is 5.02 Å². The van der Waals surface area contributed by atoms with Crippen molar-refractivity contribution in [2.24, 2.45) is 0 Å². The quantitative estimate of drug-likeness (QED) is 0.711. The largest absolute Gasteiger partial charge is 0.328 e. The molecule has 0 fully saturated rings. The number of aryl methyl sites for hydroxylation is 1. The molecule has 0 amide bonds. The van der Waals surface area contributed by atoms with Crippen LogP contribution in [-0.4, -0.2) is 4.98 Å². The zero-order valence-corrected chi connectivity index (χ0v) is 11.5. The predicted octanol–water partition coefficient (Wildman–Crippen LogP) is 4.30. The standard InChI is InChI=1S/C16H11ClFNO/c1-9-2-4-11-12(6-9)13(8-19-16(11)20)10-3-5-14(17)15(18)7-10/h2-8H,1H3,(H,19,20). The van der Waals surface area contributed by atoms with E-state index < -0.39 is 5.82 Å². The summed E-state index contributed by atoms with van der Waals surface area (Å²) < 4.78 is 13.6. The Morgan fingerprint density at radius 3 is 2.65 bits per heavy atom. The lowest BCUT2D eigenvalue weighted by Crippen LogP contribution is -2.06. The first-order valence-corrected chi connectivity index (χ1v) is 6.51. The minimum atomic E-state index is -0.476. The molecule has 2 nitrogen and oxygen atoms in total. The fourth-order valence-electron chi connectivity index (χ4n) is 2.27. The molecule has 20 heavy (non-hydrogen) atoms. The molecule has 100 valence electrons. The SMILES string of the molecule is Cc1ccc2c(=O)[nH]cc(-c3ccc(Cl)c(F)c3)c2c1. The van der Waals surface area contributed by atoms with Gasteiger partial charge in [0.05, 0.1) is 5.02 Å². The molecule has 0 atom stereocenters. The summed E-state index contributed by atoms with van der Waals surface area (Å²) in [4.78, 5) is 14.5. The maximum absolute atomic E-state index is 13.6. The summed E-state index contributed by atoms with van der Waals surface area (Å²) in [7, 11) is 0. The molecule has 0 aliphatic heterocycles. The predicted molar refractivity (Wildman–Crippen MR) is 79.7 cm³/mol. The van der Waals surface area contributed by atoms with Crippen molar-refractivity contribution in [3.05, 3.63) is 69.4 Å². The highest BCUT2D eigenvalue weighted by atomic mass is 35.5. The molecule has 1 heterocycles. The van der Waals surface area contributed by atoms with E-state index in [1.54, 1.807) is 18.3 Å². The molecule has 0 saturated carbocycles. The lowest BCUT2D eigenvalue weighted by Gasteiger charge is -2.08. The lowest BCUT2D eigenvalue weighted by molar-refractivity contribution is 0.629. The Morgan fingerprint density at radius 1 is 1.10 bits per heavy atom. The van der Waals surface area contributed by atoms with E-state index in [9.17, 15) is 9.18 Å². The normalized spacial score (nSPS) is 10.9. The summed E-state index contributed by atoms with van der Waals surface area (Å²) in [5, 5.41) is 1.47. The molecular weight excluding hydrogens is 277 g/mol. The van der Waals surface area contributed by atoms with Gasteiger partial charge in [-0.05, 0) is 36.1 Å². The van der Waals surface area contributed by atoms with Crippen LogP contribution in [0.4, 0.5) is 4.39 Å². The summed E-state index contributed by atoms with van der Waals surface area (Å²) in [6.07, 6.45) is 1.60. The third-order valence-corrected chi connectivity index (χ3v) is 3.59. The maximum Gasteiger partial charge on any atom is 0.255 e. The minimum Gasteiger partial charge on any atom is -0.328 e. The first kappa shape index (κ1) is 12.9. The second-order valence-electron chi connectivity index (χ2n) is 4.71. The van der Waals surface area contributed by atoms with Crippen molar-refractivity contribution >= 4 is 22.4 Å². The fourth-order valence-corrected chi connectivity index (χ4v) is 2.39. The molecule has 3 rings (SSSR count). The van der Waals surface area contributed by atoms with Crippen LogP contribution in [-0.2, 0) is 0 Å². The average Bonchev–Trinajstić information content (AvgIpc) is 2.42.